The molecule has 1 unspecified atom stereocenters. The summed E-state index contributed by atoms with van der Waals surface area (Å²) in [5.74, 6) is 1.43. The Labute approximate surface area is 265 Å². The first-order valence-corrected chi connectivity index (χ1v) is 16.3. The minimum Gasteiger partial charge on any atom is -0.497 e. The highest BCUT2D eigenvalue weighted by Crippen LogP contribution is 2.29. The molecule has 2 saturated heterocycles. The molecule has 44 heavy (non-hydrogen) atoms. The summed E-state index contributed by atoms with van der Waals surface area (Å²) < 4.78 is 5.21. The number of amides is 4. The van der Waals surface area contributed by atoms with Gasteiger partial charge in [0.15, 0.2) is 0 Å². The number of likely N-dealkylation sites (N-methyl/N-ethyl adjacent to an activating group) is 1. The molecule has 3 aromatic carbocycles. The second-order valence-corrected chi connectivity index (χ2v) is 11.9. The molecule has 0 spiro atoms. The van der Waals surface area contributed by atoms with Crippen molar-refractivity contribution in [2.45, 2.75) is 38.0 Å². The predicted octanol–water partition coefficient (Wildman–Crippen LogP) is 4.68. The first-order valence-electron chi connectivity index (χ1n) is 14.9. The molecule has 234 valence electrons. The van der Waals surface area contributed by atoms with Gasteiger partial charge in [-0.15, -0.1) is 0 Å². The zero-order chi connectivity index (χ0) is 31.5. The van der Waals surface area contributed by atoms with Gasteiger partial charge in [-0.3, -0.25) is 9.59 Å². The van der Waals surface area contributed by atoms with Crippen molar-refractivity contribution in [2.24, 2.45) is 0 Å². The fourth-order valence-corrected chi connectivity index (χ4v) is 6.04. The second kappa shape index (κ2) is 16.2. The van der Waals surface area contributed by atoms with Gasteiger partial charge in [0.25, 0.3) is 0 Å². The molecule has 10 heteroatoms. The molecular formula is C34H43N5O4S. The molecular weight excluding hydrogens is 574 g/mol. The smallest absolute Gasteiger partial charge is 0.334 e. The highest BCUT2D eigenvalue weighted by Gasteiger charge is 2.50. The molecule has 9 nitrogen and oxygen atoms in total. The van der Waals surface area contributed by atoms with Crippen LogP contribution in [0, 0.1) is 0 Å². The average molecular weight is 618 g/mol. The van der Waals surface area contributed by atoms with Crippen LogP contribution in [0.4, 0.5) is 4.79 Å². The summed E-state index contributed by atoms with van der Waals surface area (Å²) in [7, 11) is 3.35. The van der Waals surface area contributed by atoms with Crippen LogP contribution in [-0.4, -0.2) is 95.7 Å². The minimum absolute atomic E-state index is 0.0376. The van der Waals surface area contributed by atoms with E-state index < -0.39 is 12.2 Å². The normalized spacial score (nSPS) is 19.0. The van der Waals surface area contributed by atoms with Crippen LogP contribution < -0.4 is 10.1 Å². The Morgan fingerprint density at radius 3 is 2.18 bits per heavy atom. The lowest BCUT2D eigenvalue weighted by molar-refractivity contribution is -0.187. The Kier molecular flexibility index (Phi) is 12.1. The van der Waals surface area contributed by atoms with Gasteiger partial charge in [0.2, 0.25) is 11.8 Å². The van der Waals surface area contributed by atoms with Crippen molar-refractivity contribution >= 4 is 29.6 Å². The van der Waals surface area contributed by atoms with Crippen molar-refractivity contribution in [3.05, 3.63) is 102 Å². The maximum absolute atomic E-state index is 13.7. The highest BCUT2D eigenvalue weighted by atomic mass is 32.2. The number of methoxy groups -OCH3 is 1. The molecule has 2 heterocycles. The van der Waals surface area contributed by atoms with Crippen molar-refractivity contribution < 1.29 is 19.1 Å². The van der Waals surface area contributed by atoms with Crippen LogP contribution in [0.5, 0.6) is 5.75 Å². The van der Waals surface area contributed by atoms with Gasteiger partial charge in [0, 0.05) is 20.1 Å². The highest BCUT2D eigenvalue weighted by molar-refractivity contribution is 7.98. The summed E-state index contributed by atoms with van der Waals surface area (Å²) in [5.41, 5.74) is 2.08. The Morgan fingerprint density at radius 1 is 0.977 bits per heavy atom. The molecule has 0 saturated carbocycles. The number of rotatable bonds is 9. The Hall–Kier alpha value is -4.02. The van der Waals surface area contributed by atoms with Crippen LogP contribution in [0.1, 0.15) is 30.4 Å². The maximum atomic E-state index is 13.7. The number of ether oxygens (including phenoxy) is 1. The zero-order valence-electron chi connectivity index (χ0n) is 26.0. The second-order valence-electron chi connectivity index (χ2n) is 11.0. The van der Waals surface area contributed by atoms with Gasteiger partial charge in [-0.1, -0.05) is 85.8 Å². The SMILES string of the molecule is COc1ccc(CNC(=O)N2[C@H]3CN(CC(C)c4ccccc4)C(=O)[C@H](CCSC)N3C(=O)CN2C)cc1.c1ccccc1. The van der Waals surface area contributed by atoms with Crippen molar-refractivity contribution in [1.82, 2.24) is 25.1 Å². The van der Waals surface area contributed by atoms with E-state index >= 15 is 0 Å². The van der Waals surface area contributed by atoms with Crippen LogP contribution in [0.3, 0.4) is 0 Å². The zero-order valence-corrected chi connectivity index (χ0v) is 26.8. The number of benzene rings is 3. The van der Waals surface area contributed by atoms with Gasteiger partial charge in [0.1, 0.15) is 18.0 Å². The van der Waals surface area contributed by atoms with E-state index in [0.29, 0.717) is 19.5 Å². The summed E-state index contributed by atoms with van der Waals surface area (Å²) in [4.78, 5) is 44.0. The fourth-order valence-electron chi connectivity index (χ4n) is 5.58. The number of carbonyl (C=O) groups excluding carboxylic acids is 3. The van der Waals surface area contributed by atoms with Gasteiger partial charge in [-0.25, -0.2) is 14.8 Å². The Balaban J connectivity index is 0.000000657. The summed E-state index contributed by atoms with van der Waals surface area (Å²) >= 11 is 1.64. The molecule has 0 bridgehead atoms. The van der Waals surface area contributed by atoms with Gasteiger partial charge in [-0.2, -0.15) is 11.8 Å². The fraction of sp³-hybridized carbons (Fsp3) is 0.382. The van der Waals surface area contributed by atoms with Gasteiger partial charge < -0.3 is 19.9 Å². The summed E-state index contributed by atoms with van der Waals surface area (Å²) in [5, 5.41) is 6.25. The molecule has 4 amide bonds. The lowest BCUT2D eigenvalue weighted by atomic mass is 9.98. The summed E-state index contributed by atoms with van der Waals surface area (Å²) in [6.45, 7) is 3.25. The molecule has 0 radical (unpaired) electrons. The quantitative estimate of drug-likeness (QED) is 0.376. The van der Waals surface area contributed by atoms with E-state index in [2.05, 4.69) is 24.4 Å². The van der Waals surface area contributed by atoms with Gasteiger partial charge >= 0.3 is 6.03 Å². The third-order valence-electron chi connectivity index (χ3n) is 7.88. The van der Waals surface area contributed by atoms with E-state index in [0.717, 1.165) is 22.6 Å². The number of hydrogen-bond acceptors (Lipinski definition) is 6. The summed E-state index contributed by atoms with van der Waals surface area (Å²) in [6, 6.07) is 28.7. The Bertz CT molecular complexity index is 1320. The molecule has 5 rings (SSSR count). The molecule has 2 fully saturated rings. The molecule has 0 aromatic heterocycles. The van der Waals surface area contributed by atoms with Crippen molar-refractivity contribution in [1.29, 1.82) is 0 Å². The number of thioether (sulfide) groups is 1. The van der Waals surface area contributed by atoms with Crippen LogP contribution in [0.25, 0.3) is 0 Å². The monoisotopic (exact) mass is 617 g/mol. The van der Waals surface area contributed by atoms with E-state index in [9.17, 15) is 14.4 Å². The lowest BCUT2D eigenvalue weighted by Crippen LogP contribution is -2.76. The first-order chi connectivity index (χ1) is 21.3. The molecule has 2 aliphatic heterocycles. The third kappa shape index (κ3) is 8.33. The van der Waals surface area contributed by atoms with E-state index in [4.69, 9.17) is 4.74 Å². The van der Waals surface area contributed by atoms with Crippen LogP contribution >= 0.6 is 11.8 Å². The minimum atomic E-state index is -0.595. The number of nitrogens with zero attached hydrogens (tertiary/aromatic N) is 4. The van der Waals surface area contributed by atoms with Crippen LogP contribution in [-0.2, 0) is 16.1 Å². The van der Waals surface area contributed by atoms with E-state index in [1.165, 1.54) is 0 Å². The van der Waals surface area contributed by atoms with E-state index in [-0.39, 0.29) is 36.9 Å². The number of nitrogens with one attached hydrogen (secondary N) is 1. The molecule has 1 N–H and O–H groups in total. The topological polar surface area (TPSA) is 85.4 Å². The molecule has 2 aliphatic rings. The number of urea groups is 1. The standard InChI is InChI=1S/C28H37N5O4S.C6H6/c1-20(22-8-6-5-7-9-22)17-31-18-25-32(24(27(31)35)14-15-38-4)26(34)19-30(2)33(25)28(36)29-16-21-10-12-23(37-3)13-11-21;1-2-4-6-5-3-1/h5-13,20,24-25H,14-19H2,1-4H3,(H,29,36);1-6H/t20?,24-,25-;/m0./s1. The van der Waals surface area contributed by atoms with Crippen LogP contribution in [0.2, 0.25) is 0 Å². The molecule has 3 aromatic rings. The number of hydrazine groups is 1. The summed E-state index contributed by atoms with van der Waals surface area (Å²) in [6.07, 6.45) is 1.96. The Morgan fingerprint density at radius 2 is 1.59 bits per heavy atom. The number of fused-ring (bicyclic) bond motifs is 1. The van der Waals surface area contributed by atoms with Gasteiger partial charge in [0.05, 0.1) is 20.2 Å². The average Bonchev–Trinajstić information content (AvgIpc) is 3.05. The van der Waals surface area contributed by atoms with Crippen molar-refractivity contribution in [3.8, 4) is 5.75 Å². The maximum Gasteiger partial charge on any atom is 0.334 e. The lowest BCUT2D eigenvalue weighted by Gasteiger charge is -2.54. The van der Waals surface area contributed by atoms with Crippen molar-refractivity contribution in [3.63, 3.8) is 0 Å². The number of piperazine rings is 1. The number of hydrogen-bond donors (Lipinski definition) is 1. The third-order valence-corrected chi connectivity index (χ3v) is 8.52. The van der Waals surface area contributed by atoms with E-state index in [1.807, 2.05) is 90.0 Å². The van der Waals surface area contributed by atoms with Crippen LogP contribution in [0.15, 0.2) is 91.0 Å². The molecule has 0 aliphatic carbocycles. The largest absolute Gasteiger partial charge is 0.497 e. The van der Waals surface area contributed by atoms with E-state index in [1.54, 1.807) is 40.8 Å². The van der Waals surface area contributed by atoms with Crippen molar-refractivity contribution in [2.75, 3.05) is 45.8 Å². The number of carbonyl (C=O) groups is 3. The molecule has 3 atom stereocenters. The predicted molar refractivity (Wildman–Crippen MR) is 175 cm³/mol. The first kappa shape index (κ1) is 32.9. The van der Waals surface area contributed by atoms with Gasteiger partial charge in [-0.05, 0) is 47.6 Å².